The summed E-state index contributed by atoms with van der Waals surface area (Å²) >= 11 is 5.76. The Labute approximate surface area is 99.4 Å². The third-order valence-electron chi connectivity index (χ3n) is 2.94. The highest BCUT2D eigenvalue weighted by Crippen LogP contribution is 2.24. The predicted octanol–water partition coefficient (Wildman–Crippen LogP) is 3.19. The molecule has 2 rings (SSSR count). The van der Waals surface area contributed by atoms with Gasteiger partial charge in [0.2, 0.25) is 0 Å². The van der Waals surface area contributed by atoms with Crippen molar-refractivity contribution in [2.45, 2.75) is 37.8 Å². The number of halogens is 2. The Hall–Kier alpha value is -0.800. The van der Waals surface area contributed by atoms with Gasteiger partial charge in [0, 0.05) is 10.7 Å². The molecule has 0 aliphatic heterocycles. The van der Waals surface area contributed by atoms with E-state index in [2.05, 4.69) is 5.32 Å². The van der Waals surface area contributed by atoms with Crippen LogP contribution in [0.2, 0.25) is 5.02 Å². The van der Waals surface area contributed by atoms with Crippen molar-refractivity contribution in [2.75, 3.05) is 5.32 Å². The molecule has 0 bridgehead atoms. The maximum atomic E-state index is 13.1. The summed E-state index contributed by atoms with van der Waals surface area (Å²) in [7, 11) is 0. The third kappa shape index (κ3) is 2.86. The number of benzene rings is 1. The van der Waals surface area contributed by atoms with Crippen molar-refractivity contribution in [1.29, 1.82) is 0 Å². The van der Waals surface area contributed by atoms with E-state index in [9.17, 15) is 9.50 Å². The van der Waals surface area contributed by atoms with Gasteiger partial charge in [-0.25, -0.2) is 4.39 Å². The molecule has 16 heavy (non-hydrogen) atoms. The quantitative estimate of drug-likeness (QED) is 0.836. The van der Waals surface area contributed by atoms with Gasteiger partial charge in [-0.1, -0.05) is 24.4 Å². The number of aliphatic hydroxyl groups is 1. The zero-order valence-electron chi connectivity index (χ0n) is 8.92. The van der Waals surface area contributed by atoms with Crippen LogP contribution in [0.1, 0.15) is 25.7 Å². The lowest BCUT2D eigenvalue weighted by Crippen LogP contribution is -2.36. The van der Waals surface area contributed by atoms with Gasteiger partial charge in [-0.2, -0.15) is 0 Å². The summed E-state index contributed by atoms with van der Waals surface area (Å²) in [5.74, 6) is -0.361. The van der Waals surface area contributed by atoms with E-state index in [0.29, 0.717) is 10.7 Å². The number of hydrogen-bond acceptors (Lipinski definition) is 2. The second-order valence-corrected chi connectivity index (χ2v) is 4.70. The Morgan fingerprint density at radius 2 is 2.00 bits per heavy atom. The minimum atomic E-state index is -0.361. The molecule has 1 saturated carbocycles. The van der Waals surface area contributed by atoms with Gasteiger partial charge in [-0.15, -0.1) is 0 Å². The molecule has 88 valence electrons. The van der Waals surface area contributed by atoms with Gasteiger partial charge in [0.15, 0.2) is 0 Å². The fourth-order valence-corrected chi connectivity index (χ4v) is 2.35. The van der Waals surface area contributed by atoms with Gasteiger partial charge in [-0.3, -0.25) is 0 Å². The first-order chi connectivity index (χ1) is 7.65. The molecule has 0 spiro atoms. The molecule has 4 heteroatoms. The first-order valence-electron chi connectivity index (χ1n) is 5.56. The highest BCUT2D eigenvalue weighted by Gasteiger charge is 2.22. The second-order valence-electron chi connectivity index (χ2n) is 4.26. The largest absolute Gasteiger partial charge is 0.391 e. The minimum Gasteiger partial charge on any atom is -0.391 e. The topological polar surface area (TPSA) is 32.3 Å². The summed E-state index contributed by atoms with van der Waals surface area (Å²) in [6.45, 7) is 0. The Morgan fingerprint density at radius 3 is 2.69 bits per heavy atom. The maximum Gasteiger partial charge on any atom is 0.126 e. The Kier molecular flexibility index (Phi) is 3.66. The molecular weight excluding hydrogens is 229 g/mol. The summed E-state index contributed by atoms with van der Waals surface area (Å²) in [6, 6.07) is 4.34. The van der Waals surface area contributed by atoms with Crippen LogP contribution in [0.15, 0.2) is 18.2 Å². The summed E-state index contributed by atoms with van der Waals surface area (Å²) in [5.41, 5.74) is 0.635. The van der Waals surface area contributed by atoms with Crippen LogP contribution in [0.5, 0.6) is 0 Å². The van der Waals surface area contributed by atoms with Crippen molar-refractivity contribution in [1.82, 2.24) is 0 Å². The monoisotopic (exact) mass is 243 g/mol. The summed E-state index contributed by atoms with van der Waals surface area (Å²) in [6.07, 6.45) is 3.52. The van der Waals surface area contributed by atoms with E-state index in [-0.39, 0.29) is 18.0 Å². The average molecular weight is 244 g/mol. The molecule has 1 aliphatic rings. The van der Waals surface area contributed by atoms with Crippen LogP contribution < -0.4 is 5.32 Å². The van der Waals surface area contributed by atoms with Gasteiger partial charge in [-0.05, 0) is 31.0 Å². The average Bonchev–Trinajstić information content (AvgIpc) is 2.20. The molecule has 0 amide bonds. The van der Waals surface area contributed by atoms with E-state index < -0.39 is 0 Å². The van der Waals surface area contributed by atoms with Gasteiger partial charge < -0.3 is 10.4 Å². The molecule has 1 aromatic carbocycles. The lowest BCUT2D eigenvalue weighted by atomic mass is 9.92. The molecule has 2 unspecified atom stereocenters. The molecule has 2 nitrogen and oxygen atoms in total. The zero-order chi connectivity index (χ0) is 11.5. The van der Waals surface area contributed by atoms with Crippen LogP contribution in [-0.2, 0) is 0 Å². The fraction of sp³-hybridized carbons (Fsp3) is 0.500. The molecule has 0 saturated heterocycles. The van der Waals surface area contributed by atoms with Crippen molar-refractivity contribution in [3.8, 4) is 0 Å². The number of nitrogens with one attached hydrogen (secondary N) is 1. The standard InChI is InChI=1S/C12H15ClFNO/c13-8-5-9(14)7-10(6-8)15-11-3-1-2-4-12(11)16/h5-7,11-12,15-16H,1-4H2. The van der Waals surface area contributed by atoms with E-state index in [1.54, 1.807) is 6.07 Å². The first kappa shape index (κ1) is 11.7. The van der Waals surface area contributed by atoms with Crippen molar-refractivity contribution < 1.29 is 9.50 Å². The second kappa shape index (κ2) is 5.02. The zero-order valence-corrected chi connectivity index (χ0v) is 9.67. The third-order valence-corrected chi connectivity index (χ3v) is 3.16. The molecule has 1 aliphatic carbocycles. The van der Waals surface area contributed by atoms with E-state index >= 15 is 0 Å². The molecule has 0 heterocycles. The Bertz CT molecular complexity index is 352. The molecule has 1 fully saturated rings. The normalized spacial score (nSPS) is 25.4. The van der Waals surface area contributed by atoms with Gasteiger partial charge in [0.25, 0.3) is 0 Å². The van der Waals surface area contributed by atoms with E-state index in [1.807, 2.05) is 0 Å². The molecule has 2 N–H and O–H groups in total. The van der Waals surface area contributed by atoms with Crippen LogP contribution in [0.4, 0.5) is 10.1 Å². The first-order valence-corrected chi connectivity index (χ1v) is 5.93. The van der Waals surface area contributed by atoms with Crippen molar-refractivity contribution in [3.05, 3.63) is 29.0 Å². The molecule has 0 radical (unpaired) electrons. The Morgan fingerprint density at radius 1 is 1.25 bits per heavy atom. The van der Waals surface area contributed by atoms with Crippen molar-refractivity contribution in [3.63, 3.8) is 0 Å². The molecule has 2 atom stereocenters. The number of aliphatic hydroxyl groups excluding tert-OH is 1. The lowest BCUT2D eigenvalue weighted by Gasteiger charge is -2.29. The minimum absolute atomic E-state index is 0.00613. The number of hydrogen-bond donors (Lipinski definition) is 2. The van der Waals surface area contributed by atoms with Crippen molar-refractivity contribution >= 4 is 17.3 Å². The van der Waals surface area contributed by atoms with Crippen LogP contribution in [0.25, 0.3) is 0 Å². The maximum absolute atomic E-state index is 13.1. The van der Waals surface area contributed by atoms with Crippen LogP contribution in [-0.4, -0.2) is 17.3 Å². The number of rotatable bonds is 2. The van der Waals surface area contributed by atoms with Crippen LogP contribution in [0.3, 0.4) is 0 Å². The predicted molar refractivity (Wildman–Crippen MR) is 63.3 cm³/mol. The van der Waals surface area contributed by atoms with E-state index in [0.717, 1.165) is 25.7 Å². The molecule has 0 aromatic heterocycles. The highest BCUT2D eigenvalue weighted by atomic mass is 35.5. The molecule has 1 aromatic rings. The lowest BCUT2D eigenvalue weighted by molar-refractivity contribution is 0.116. The van der Waals surface area contributed by atoms with E-state index in [4.69, 9.17) is 11.6 Å². The highest BCUT2D eigenvalue weighted by molar-refractivity contribution is 6.30. The van der Waals surface area contributed by atoms with Crippen LogP contribution >= 0.6 is 11.6 Å². The van der Waals surface area contributed by atoms with Crippen LogP contribution in [0, 0.1) is 5.82 Å². The van der Waals surface area contributed by atoms with Gasteiger partial charge >= 0.3 is 0 Å². The Balaban J connectivity index is 2.07. The van der Waals surface area contributed by atoms with E-state index in [1.165, 1.54) is 12.1 Å². The van der Waals surface area contributed by atoms with Crippen molar-refractivity contribution in [2.24, 2.45) is 0 Å². The molecular formula is C12H15ClFNO. The summed E-state index contributed by atoms with van der Waals surface area (Å²) in [5, 5.41) is 13.3. The number of anilines is 1. The summed E-state index contributed by atoms with van der Waals surface area (Å²) in [4.78, 5) is 0. The fourth-order valence-electron chi connectivity index (χ4n) is 2.13. The van der Waals surface area contributed by atoms with Gasteiger partial charge in [0.1, 0.15) is 5.82 Å². The summed E-state index contributed by atoms with van der Waals surface area (Å²) < 4.78 is 13.1. The smallest absolute Gasteiger partial charge is 0.126 e. The SMILES string of the molecule is OC1CCCCC1Nc1cc(F)cc(Cl)c1. The van der Waals surface area contributed by atoms with Gasteiger partial charge in [0.05, 0.1) is 12.1 Å².